The van der Waals surface area contributed by atoms with Crippen LogP contribution < -0.4 is 5.32 Å². The van der Waals surface area contributed by atoms with Crippen molar-refractivity contribution in [2.45, 2.75) is 33.4 Å². The van der Waals surface area contributed by atoms with E-state index in [1.165, 1.54) is 4.90 Å². The molecule has 0 bridgehead atoms. The predicted molar refractivity (Wildman–Crippen MR) is 85.9 cm³/mol. The quantitative estimate of drug-likeness (QED) is 0.885. The molecule has 1 aliphatic heterocycles. The zero-order valence-corrected chi connectivity index (χ0v) is 13.5. The first-order valence-electron chi connectivity index (χ1n) is 7.57. The maximum Gasteiger partial charge on any atom is 0.325 e. The molecule has 0 radical (unpaired) electrons. The van der Waals surface area contributed by atoms with Crippen LogP contribution in [-0.4, -0.2) is 32.7 Å². The molecule has 6 heteroatoms. The summed E-state index contributed by atoms with van der Waals surface area (Å²) in [6.45, 7) is 6.08. The molecule has 6 nitrogen and oxygen atoms in total. The molecule has 120 valence electrons. The van der Waals surface area contributed by atoms with Crippen LogP contribution >= 0.6 is 0 Å². The van der Waals surface area contributed by atoms with Crippen molar-refractivity contribution in [2.75, 3.05) is 0 Å². The average Bonchev–Trinajstić information content (AvgIpc) is 3.11. The van der Waals surface area contributed by atoms with Gasteiger partial charge in [-0.05, 0) is 29.2 Å². The smallest absolute Gasteiger partial charge is 0.325 e. The molecule has 0 unspecified atom stereocenters. The van der Waals surface area contributed by atoms with Crippen LogP contribution in [0, 0.1) is 5.41 Å². The zero-order valence-electron chi connectivity index (χ0n) is 13.5. The summed E-state index contributed by atoms with van der Waals surface area (Å²) in [5, 5.41) is 6.97. The number of nitrogens with zero attached hydrogens (tertiary/aromatic N) is 3. The second kappa shape index (κ2) is 5.53. The molecule has 1 aromatic heterocycles. The summed E-state index contributed by atoms with van der Waals surface area (Å²) in [7, 11) is 0. The highest BCUT2D eigenvalue weighted by Gasteiger charge is 2.44. The molecular weight excluding hydrogens is 292 g/mol. The number of carbonyl (C=O) groups is 2. The van der Waals surface area contributed by atoms with Crippen molar-refractivity contribution in [3.05, 3.63) is 48.3 Å². The molecule has 0 aliphatic carbocycles. The Labute approximate surface area is 135 Å². The lowest BCUT2D eigenvalue weighted by atomic mass is 9.87. The number of hydrogen-bond acceptors (Lipinski definition) is 3. The highest BCUT2D eigenvalue weighted by molar-refractivity contribution is 6.04. The third kappa shape index (κ3) is 2.97. The van der Waals surface area contributed by atoms with Gasteiger partial charge in [0.25, 0.3) is 5.91 Å². The van der Waals surface area contributed by atoms with Gasteiger partial charge in [0.2, 0.25) is 0 Å². The van der Waals surface area contributed by atoms with Crippen LogP contribution in [0.3, 0.4) is 0 Å². The number of urea groups is 1. The molecule has 2 heterocycles. The average molecular weight is 312 g/mol. The standard InChI is InChI=1S/C17H20N4O2/c1-17(2,3)14-15(22)20(16(23)19-14)11-12-6-4-7-13(10-12)21-9-5-8-18-21/h4-10,14H,11H2,1-3H3,(H,19,23)/t14-/m1/s1. The van der Waals surface area contributed by atoms with E-state index in [0.717, 1.165) is 11.3 Å². The Kier molecular flexibility index (Phi) is 3.67. The third-order valence-electron chi connectivity index (χ3n) is 3.91. The SMILES string of the molecule is CC(C)(C)[C@@H]1NC(=O)N(Cc2cccc(-n3cccn3)c2)C1=O. The monoisotopic (exact) mass is 312 g/mol. The Morgan fingerprint density at radius 3 is 2.61 bits per heavy atom. The first kappa shape index (κ1) is 15.3. The number of rotatable bonds is 3. The lowest BCUT2D eigenvalue weighted by molar-refractivity contribution is -0.129. The fourth-order valence-corrected chi connectivity index (χ4v) is 2.66. The molecule has 3 rings (SSSR count). The van der Waals surface area contributed by atoms with Gasteiger partial charge in [0, 0.05) is 12.4 Å². The highest BCUT2D eigenvalue weighted by Crippen LogP contribution is 2.26. The summed E-state index contributed by atoms with van der Waals surface area (Å²) in [6.07, 6.45) is 3.56. The Balaban J connectivity index is 1.81. The van der Waals surface area contributed by atoms with E-state index in [0.29, 0.717) is 0 Å². The van der Waals surface area contributed by atoms with Crippen molar-refractivity contribution in [1.29, 1.82) is 0 Å². The number of carbonyl (C=O) groups excluding carboxylic acids is 2. The molecule has 0 saturated carbocycles. The van der Waals surface area contributed by atoms with Crippen molar-refractivity contribution in [3.63, 3.8) is 0 Å². The molecule has 1 N–H and O–H groups in total. The van der Waals surface area contributed by atoms with E-state index < -0.39 is 6.04 Å². The summed E-state index contributed by atoms with van der Waals surface area (Å²) in [5.74, 6) is -0.174. The van der Waals surface area contributed by atoms with E-state index in [4.69, 9.17) is 0 Å². The minimum atomic E-state index is -0.482. The van der Waals surface area contributed by atoms with Crippen molar-refractivity contribution < 1.29 is 9.59 Å². The fraction of sp³-hybridized carbons (Fsp3) is 0.353. The molecule has 1 aliphatic rings. The van der Waals surface area contributed by atoms with Crippen molar-refractivity contribution in [2.24, 2.45) is 5.41 Å². The van der Waals surface area contributed by atoms with Gasteiger partial charge >= 0.3 is 6.03 Å². The summed E-state index contributed by atoms with van der Waals surface area (Å²) in [5.41, 5.74) is 1.47. The van der Waals surface area contributed by atoms with Crippen LogP contribution in [0.25, 0.3) is 5.69 Å². The summed E-state index contributed by atoms with van der Waals surface area (Å²) in [4.78, 5) is 25.9. The van der Waals surface area contributed by atoms with E-state index >= 15 is 0 Å². The summed E-state index contributed by atoms with van der Waals surface area (Å²) in [6, 6.07) is 8.68. The minimum Gasteiger partial charge on any atom is -0.325 e. The Morgan fingerprint density at radius 2 is 2.00 bits per heavy atom. The van der Waals surface area contributed by atoms with Gasteiger partial charge in [-0.3, -0.25) is 9.69 Å². The summed E-state index contributed by atoms with van der Waals surface area (Å²) < 4.78 is 1.74. The van der Waals surface area contributed by atoms with Crippen molar-refractivity contribution in [1.82, 2.24) is 20.0 Å². The lowest BCUT2D eigenvalue weighted by Gasteiger charge is -2.24. The maximum atomic E-state index is 12.5. The molecule has 23 heavy (non-hydrogen) atoms. The Hall–Kier alpha value is -2.63. The molecule has 1 atom stereocenters. The predicted octanol–water partition coefficient (Wildman–Crippen LogP) is 2.34. The first-order valence-corrected chi connectivity index (χ1v) is 7.57. The van der Waals surface area contributed by atoms with E-state index in [-0.39, 0.29) is 23.9 Å². The van der Waals surface area contributed by atoms with Gasteiger partial charge in [0.05, 0.1) is 12.2 Å². The van der Waals surface area contributed by atoms with Crippen LogP contribution in [0.15, 0.2) is 42.7 Å². The van der Waals surface area contributed by atoms with E-state index in [2.05, 4.69) is 10.4 Å². The van der Waals surface area contributed by atoms with E-state index in [1.807, 2.05) is 57.3 Å². The maximum absolute atomic E-state index is 12.5. The van der Waals surface area contributed by atoms with Gasteiger partial charge in [0.1, 0.15) is 6.04 Å². The van der Waals surface area contributed by atoms with Crippen molar-refractivity contribution >= 4 is 11.9 Å². The molecule has 1 aromatic carbocycles. The molecule has 0 spiro atoms. The molecule has 3 amide bonds. The zero-order chi connectivity index (χ0) is 16.6. The van der Waals surface area contributed by atoms with Crippen LogP contribution in [0.5, 0.6) is 0 Å². The number of benzene rings is 1. The Morgan fingerprint density at radius 1 is 1.22 bits per heavy atom. The highest BCUT2D eigenvalue weighted by atomic mass is 16.2. The van der Waals surface area contributed by atoms with Crippen LogP contribution in [0.1, 0.15) is 26.3 Å². The van der Waals surface area contributed by atoms with Crippen LogP contribution in [-0.2, 0) is 11.3 Å². The largest absolute Gasteiger partial charge is 0.325 e. The van der Waals surface area contributed by atoms with Gasteiger partial charge in [0.15, 0.2) is 0 Å². The third-order valence-corrected chi connectivity index (χ3v) is 3.91. The molecule has 1 saturated heterocycles. The normalized spacial score (nSPS) is 18.4. The molecule has 2 aromatic rings. The number of nitrogens with one attached hydrogen (secondary N) is 1. The van der Waals surface area contributed by atoms with E-state index in [9.17, 15) is 9.59 Å². The number of amides is 3. The van der Waals surface area contributed by atoms with Crippen LogP contribution in [0.4, 0.5) is 4.79 Å². The second-order valence-corrected chi connectivity index (χ2v) is 6.79. The van der Waals surface area contributed by atoms with Gasteiger partial charge in [-0.15, -0.1) is 0 Å². The van der Waals surface area contributed by atoms with Crippen molar-refractivity contribution in [3.8, 4) is 5.69 Å². The molecule has 1 fully saturated rings. The minimum absolute atomic E-state index is 0.174. The fourth-order valence-electron chi connectivity index (χ4n) is 2.66. The number of imide groups is 1. The first-order chi connectivity index (χ1) is 10.9. The van der Waals surface area contributed by atoms with Crippen LogP contribution in [0.2, 0.25) is 0 Å². The summed E-state index contributed by atoms with van der Waals surface area (Å²) >= 11 is 0. The van der Waals surface area contributed by atoms with Gasteiger partial charge in [-0.25, -0.2) is 9.48 Å². The number of aromatic nitrogens is 2. The molecular formula is C17H20N4O2. The van der Waals surface area contributed by atoms with Gasteiger partial charge in [-0.2, -0.15) is 5.10 Å². The van der Waals surface area contributed by atoms with E-state index in [1.54, 1.807) is 10.9 Å². The topological polar surface area (TPSA) is 67.2 Å². The number of hydrogen-bond donors (Lipinski definition) is 1. The lowest BCUT2D eigenvalue weighted by Crippen LogP contribution is -2.41. The van der Waals surface area contributed by atoms with Gasteiger partial charge < -0.3 is 5.32 Å². The second-order valence-electron chi connectivity index (χ2n) is 6.79. The Bertz CT molecular complexity index is 731. The van der Waals surface area contributed by atoms with Gasteiger partial charge in [-0.1, -0.05) is 32.9 Å².